The smallest absolute Gasteiger partial charge is 0.0358 e. The summed E-state index contributed by atoms with van der Waals surface area (Å²) < 4.78 is 0. The van der Waals surface area contributed by atoms with Gasteiger partial charge in [0.2, 0.25) is 0 Å². The Morgan fingerprint density at radius 1 is 1.08 bits per heavy atom. The summed E-state index contributed by atoms with van der Waals surface area (Å²) in [4.78, 5) is 0. The van der Waals surface area contributed by atoms with Gasteiger partial charge in [-0.25, -0.2) is 0 Å². The average molecular weight is 169 g/mol. The van der Waals surface area contributed by atoms with Gasteiger partial charge in [-0.1, -0.05) is 59.8 Å². The molecule has 0 fully saturated rings. The summed E-state index contributed by atoms with van der Waals surface area (Å²) in [6.45, 7) is 9.23. The molecule has 73 valence electrons. The second-order valence-electron chi connectivity index (χ2n) is 3.98. The van der Waals surface area contributed by atoms with Gasteiger partial charge in [-0.3, -0.25) is 0 Å². The van der Waals surface area contributed by atoms with Crippen LogP contribution in [0, 0.1) is 18.3 Å². The van der Waals surface area contributed by atoms with Crippen LogP contribution in [0.1, 0.15) is 59.8 Å². The molecule has 0 saturated heterocycles. The summed E-state index contributed by atoms with van der Waals surface area (Å²) >= 11 is 0. The normalized spacial score (nSPS) is 16.0. The van der Waals surface area contributed by atoms with Crippen LogP contribution in [0.3, 0.4) is 0 Å². The Morgan fingerprint density at radius 2 is 1.75 bits per heavy atom. The zero-order chi connectivity index (χ0) is 9.40. The fourth-order valence-electron chi connectivity index (χ4n) is 1.58. The molecule has 0 aromatic carbocycles. The quantitative estimate of drug-likeness (QED) is 0.494. The highest BCUT2D eigenvalue weighted by Gasteiger charge is 2.10. The van der Waals surface area contributed by atoms with E-state index in [9.17, 15) is 0 Å². The van der Waals surface area contributed by atoms with Crippen molar-refractivity contribution in [1.29, 1.82) is 0 Å². The molecule has 0 rings (SSSR count). The third-order valence-corrected chi connectivity index (χ3v) is 2.77. The van der Waals surface area contributed by atoms with Crippen molar-refractivity contribution in [3.63, 3.8) is 0 Å². The Bertz CT molecular complexity index is 86.0. The fourth-order valence-corrected chi connectivity index (χ4v) is 1.58. The molecule has 2 unspecified atom stereocenters. The topological polar surface area (TPSA) is 0 Å². The first-order valence-electron chi connectivity index (χ1n) is 5.55. The Hall–Kier alpha value is 0. The molecule has 0 saturated carbocycles. The lowest BCUT2D eigenvalue weighted by atomic mass is 9.88. The summed E-state index contributed by atoms with van der Waals surface area (Å²) in [5.74, 6) is 1.70. The summed E-state index contributed by atoms with van der Waals surface area (Å²) in [5.41, 5.74) is 0. The van der Waals surface area contributed by atoms with Gasteiger partial charge in [0.05, 0.1) is 0 Å². The van der Waals surface area contributed by atoms with Crippen LogP contribution in [0.2, 0.25) is 0 Å². The van der Waals surface area contributed by atoms with Gasteiger partial charge in [-0.2, -0.15) is 0 Å². The van der Waals surface area contributed by atoms with Crippen LogP contribution in [-0.2, 0) is 0 Å². The highest BCUT2D eigenvalue weighted by molar-refractivity contribution is 4.75. The zero-order valence-corrected chi connectivity index (χ0v) is 9.27. The van der Waals surface area contributed by atoms with Gasteiger partial charge in [0.25, 0.3) is 0 Å². The van der Waals surface area contributed by atoms with E-state index in [4.69, 9.17) is 0 Å². The van der Waals surface area contributed by atoms with Crippen LogP contribution >= 0.6 is 0 Å². The molecule has 0 aliphatic carbocycles. The molecule has 0 aliphatic heterocycles. The summed E-state index contributed by atoms with van der Waals surface area (Å²) in [5, 5.41) is 0. The van der Waals surface area contributed by atoms with Gasteiger partial charge < -0.3 is 0 Å². The monoisotopic (exact) mass is 169 g/mol. The molecule has 0 spiro atoms. The maximum Gasteiger partial charge on any atom is -0.0358 e. The molecule has 0 heteroatoms. The van der Waals surface area contributed by atoms with E-state index in [0.717, 1.165) is 11.8 Å². The lowest BCUT2D eigenvalue weighted by Crippen LogP contribution is -2.08. The van der Waals surface area contributed by atoms with Crippen LogP contribution in [0.4, 0.5) is 0 Å². The van der Waals surface area contributed by atoms with Crippen molar-refractivity contribution in [1.82, 2.24) is 0 Å². The predicted molar refractivity (Wildman–Crippen MR) is 57.1 cm³/mol. The van der Waals surface area contributed by atoms with E-state index in [0.29, 0.717) is 0 Å². The summed E-state index contributed by atoms with van der Waals surface area (Å²) in [6.07, 6.45) is 9.24. The fraction of sp³-hybridized carbons (Fsp3) is 0.917. The van der Waals surface area contributed by atoms with Crippen molar-refractivity contribution >= 4 is 0 Å². The number of hydrogen-bond donors (Lipinski definition) is 0. The van der Waals surface area contributed by atoms with E-state index in [-0.39, 0.29) is 0 Å². The molecule has 0 aromatic rings. The Kier molecular flexibility index (Phi) is 7.64. The lowest BCUT2D eigenvalue weighted by molar-refractivity contribution is 0.384. The van der Waals surface area contributed by atoms with Crippen LogP contribution in [-0.4, -0.2) is 0 Å². The Labute approximate surface area is 78.8 Å². The molecule has 0 bridgehead atoms. The van der Waals surface area contributed by atoms with E-state index in [1.165, 1.54) is 32.1 Å². The van der Waals surface area contributed by atoms with Gasteiger partial charge in [-0.15, -0.1) is 0 Å². The van der Waals surface area contributed by atoms with Crippen molar-refractivity contribution in [2.45, 2.75) is 59.8 Å². The molecule has 0 N–H and O–H groups in total. The van der Waals surface area contributed by atoms with Crippen molar-refractivity contribution in [3.8, 4) is 0 Å². The van der Waals surface area contributed by atoms with Gasteiger partial charge >= 0.3 is 0 Å². The molecule has 0 aliphatic rings. The lowest BCUT2D eigenvalue weighted by Gasteiger charge is -2.18. The van der Waals surface area contributed by atoms with E-state index in [2.05, 4.69) is 34.1 Å². The van der Waals surface area contributed by atoms with Crippen LogP contribution in [0.25, 0.3) is 0 Å². The molecular weight excluding hydrogens is 144 g/mol. The summed E-state index contributed by atoms with van der Waals surface area (Å²) in [6, 6.07) is 0. The molecule has 12 heavy (non-hydrogen) atoms. The van der Waals surface area contributed by atoms with E-state index in [1.54, 1.807) is 0 Å². The van der Waals surface area contributed by atoms with E-state index < -0.39 is 0 Å². The van der Waals surface area contributed by atoms with E-state index >= 15 is 0 Å². The van der Waals surface area contributed by atoms with Crippen LogP contribution in [0.5, 0.6) is 0 Å². The van der Waals surface area contributed by atoms with Crippen molar-refractivity contribution in [2.24, 2.45) is 11.8 Å². The molecule has 0 heterocycles. The number of rotatable bonds is 7. The van der Waals surface area contributed by atoms with Crippen molar-refractivity contribution in [3.05, 3.63) is 6.42 Å². The Balaban J connectivity index is 3.35. The Morgan fingerprint density at radius 3 is 2.25 bits per heavy atom. The predicted octanol–water partition coefficient (Wildman–Crippen LogP) is 4.45. The second-order valence-corrected chi connectivity index (χ2v) is 3.98. The summed E-state index contributed by atoms with van der Waals surface area (Å²) in [7, 11) is 0. The first-order valence-corrected chi connectivity index (χ1v) is 5.55. The van der Waals surface area contributed by atoms with Gasteiger partial charge in [-0.05, 0) is 18.3 Å². The van der Waals surface area contributed by atoms with Gasteiger partial charge in [0, 0.05) is 0 Å². The minimum Gasteiger partial charge on any atom is -0.0654 e. The molecule has 0 aromatic heterocycles. The minimum atomic E-state index is 0.812. The standard InChI is InChI=1S/C12H25/c1-5-7-8-10-12(4)11(3)9-6-2/h9,11-12H,5-8,10H2,1-4H3. The zero-order valence-electron chi connectivity index (χ0n) is 9.27. The first-order chi connectivity index (χ1) is 5.72. The third-order valence-electron chi connectivity index (χ3n) is 2.77. The average Bonchev–Trinajstić information content (AvgIpc) is 2.05. The van der Waals surface area contributed by atoms with Crippen molar-refractivity contribution < 1.29 is 0 Å². The maximum atomic E-state index is 2.44. The highest BCUT2D eigenvalue weighted by atomic mass is 14.2. The maximum absolute atomic E-state index is 2.44. The van der Waals surface area contributed by atoms with E-state index in [1.807, 2.05) is 0 Å². The minimum absolute atomic E-state index is 0.812. The van der Waals surface area contributed by atoms with Gasteiger partial charge in [0.15, 0.2) is 0 Å². The van der Waals surface area contributed by atoms with Gasteiger partial charge in [0.1, 0.15) is 0 Å². The number of hydrogen-bond acceptors (Lipinski definition) is 0. The highest BCUT2D eigenvalue weighted by Crippen LogP contribution is 2.21. The molecule has 1 radical (unpaired) electrons. The number of unbranched alkanes of at least 4 members (excludes halogenated alkanes) is 2. The van der Waals surface area contributed by atoms with Crippen LogP contribution in [0.15, 0.2) is 0 Å². The largest absolute Gasteiger partial charge is 0.0654 e. The van der Waals surface area contributed by atoms with Crippen molar-refractivity contribution in [2.75, 3.05) is 0 Å². The SMILES string of the molecule is CC[CH]C(C)C(C)CCCCC. The molecule has 2 atom stereocenters. The molecular formula is C12H25. The second kappa shape index (κ2) is 7.64. The molecule has 0 nitrogen and oxygen atoms in total. The third kappa shape index (κ3) is 5.62. The molecule has 0 amide bonds. The van der Waals surface area contributed by atoms with Crippen LogP contribution < -0.4 is 0 Å². The first kappa shape index (κ1) is 12.0.